The van der Waals surface area contributed by atoms with Crippen LogP contribution in [-0.4, -0.2) is 22.9 Å². The molecular weight excluding hydrogens is 210 g/mol. The Morgan fingerprint density at radius 2 is 2.12 bits per heavy atom. The largest absolute Gasteiger partial charge is 0.317 e. The third-order valence-corrected chi connectivity index (χ3v) is 3.16. The summed E-state index contributed by atoms with van der Waals surface area (Å²) in [6.45, 7) is 11.8. The molecule has 0 aliphatic rings. The Morgan fingerprint density at radius 3 is 2.71 bits per heavy atom. The van der Waals surface area contributed by atoms with Crippen LogP contribution in [0, 0.1) is 12.8 Å². The zero-order valence-electron chi connectivity index (χ0n) is 11.8. The van der Waals surface area contributed by atoms with Gasteiger partial charge in [-0.15, -0.1) is 0 Å². The zero-order valence-corrected chi connectivity index (χ0v) is 11.8. The molecule has 98 valence electrons. The van der Waals surface area contributed by atoms with E-state index in [4.69, 9.17) is 0 Å². The molecular formula is C14H27N3. The molecule has 0 amide bonds. The molecule has 0 aliphatic heterocycles. The Labute approximate surface area is 106 Å². The van der Waals surface area contributed by atoms with Crippen LogP contribution in [0.4, 0.5) is 0 Å². The average molecular weight is 237 g/mol. The van der Waals surface area contributed by atoms with Crippen molar-refractivity contribution in [1.29, 1.82) is 0 Å². The molecule has 3 heteroatoms. The minimum Gasteiger partial charge on any atom is -0.317 e. The Bertz CT molecular complexity index is 317. The summed E-state index contributed by atoms with van der Waals surface area (Å²) >= 11 is 0. The normalized spacial score (nSPS) is 12.9. The van der Waals surface area contributed by atoms with Crippen LogP contribution in [0.5, 0.6) is 0 Å². The van der Waals surface area contributed by atoms with Crippen LogP contribution in [0.15, 0.2) is 6.07 Å². The molecule has 1 atom stereocenters. The smallest absolute Gasteiger partial charge is 0.0596 e. The highest BCUT2D eigenvalue weighted by molar-refractivity contribution is 5.09. The molecule has 1 aromatic rings. The maximum absolute atomic E-state index is 4.52. The highest BCUT2D eigenvalue weighted by Crippen LogP contribution is 2.15. The Kier molecular flexibility index (Phi) is 6.27. The average Bonchev–Trinajstić information content (AvgIpc) is 2.66. The van der Waals surface area contributed by atoms with Crippen molar-refractivity contribution in [3.8, 4) is 0 Å². The van der Waals surface area contributed by atoms with E-state index in [1.54, 1.807) is 0 Å². The van der Waals surface area contributed by atoms with Gasteiger partial charge in [0.2, 0.25) is 0 Å². The SMILES string of the molecule is CCCC(CNCC)Cc1cc(C)nn1CC. The summed E-state index contributed by atoms with van der Waals surface area (Å²) in [5.74, 6) is 0.737. The van der Waals surface area contributed by atoms with E-state index in [-0.39, 0.29) is 0 Å². The van der Waals surface area contributed by atoms with E-state index >= 15 is 0 Å². The van der Waals surface area contributed by atoms with E-state index in [1.807, 2.05) is 0 Å². The number of nitrogens with zero attached hydrogens (tertiary/aromatic N) is 2. The number of hydrogen-bond donors (Lipinski definition) is 1. The van der Waals surface area contributed by atoms with Crippen molar-refractivity contribution in [2.24, 2.45) is 5.92 Å². The maximum Gasteiger partial charge on any atom is 0.0596 e. The number of aromatic nitrogens is 2. The second-order valence-corrected chi connectivity index (χ2v) is 4.76. The van der Waals surface area contributed by atoms with Crippen molar-refractivity contribution in [1.82, 2.24) is 15.1 Å². The molecule has 17 heavy (non-hydrogen) atoms. The van der Waals surface area contributed by atoms with Gasteiger partial charge in [-0.2, -0.15) is 5.10 Å². The topological polar surface area (TPSA) is 29.9 Å². The van der Waals surface area contributed by atoms with Crippen molar-refractivity contribution in [2.75, 3.05) is 13.1 Å². The standard InChI is InChI=1S/C14H27N3/c1-5-8-13(11-15-6-2)10-14-9-12(4)16-17(14)7-3/h9,13,15H,5-8,10-11H2,1-4H3. The van der Waals surface area contributed by atoms with E-state index in [0.717, 1.165) is 37.7 Å². The Balaban J connectivity index is 2.63. The summed E-state index contributed by atoms with van der Waals surface area (Å²) in [5, 5.41) is 7.99. The summed E-state index contributed by atoms with van der Waals surface area (Å²) in [7, 11) is 0. The first kappa shape index (κ1) is 14.2. The highest BCUT2D eigenvalue weighted by Gasteiger charge is 2.12. The molecule has 1 N–H and O–H groups in total. The molecule has 3 nitrogen and oxygen atoms in total. The molecule has 0 spiro atoms. The lowest BCUT2D eigenvalue weighted by Gasteiger charge is -2.17. The molecule has 0 aliphatic carbocycles. The van der Waals surface area contributed by atoms with Gasteiger partial charge in [-0.1, -0.05) is 20.3 Å². The van der Waals surface area contributed by atoms with Crippen LogP contribution in [0.2, 0.25) is 0 Å². The summed E-state index contributed by atoms with van der Waals surface area (Å²) in [6, 6.07) is 2.23. The Hall–Kier alpha value is -0.830. The van der Waals surface area contributed by atoms with Gasteiger partial charge >= 0.3 is 0 Å². The summed E-state index contributed by atoms with van der Waals surface area (Å²) in [5.41, 5.74) is 2.53. The van der Waals surface area contributed by atoms with Gasteiger partial charge in [0.1, 0.15) is 0 Å². The van der Waals surface area contributed by atoms with Gasteiger partial charge < -0.3 is 5.32 Å². The van der Waals surface area contributed by atoms with Gasteiger partial charge in [-0.25, -0.2) is 0 Å². The second kappa shape index (κ2) is 7.49. The van der Waals surface area contributed by atoms with Crippen LogP contribution in [-0.2, 0) is 13.0 Å². The number of rotatable bonds is 8. The lowest BCUT2D eigenvalue weighted by atomic mass is 9.97. The molecule has 1 aromatic heterocycles. The number of nitrogens with one attached hydrogen (secondary N) is 1. The molecule has 1 unspecified atom stereocenters. The van der Waals surface area contributed by atoms with Crippen molar-refractivity contribution in [3.63, 3.8) is 0 Å². The van der Waals surface area contributed by atoms with Gasteiger partial charge in [-0.3, -0.25) is 4.68 Å². The fourth-order valence-corrected chi connectivity index (χ4v) is 2.37. The van der Waals surface area contributed by atoms with Crippen LogP contribution < -0.4 is 5.32 Å². The first-order valence-corrected chi connectivity index (χ1v) is 6.95. The minimum atomic E-state index is 0.737. The van der Waals surface area contributed by atoms with Gasteiger partial charge in [0.05, 0.1) is 5.69 Å². The molecule has 0 saturated heterocycles. The fraction of sp³-hybridized carbons (Fsp3) is 0.786. The van der Waals surface area contributed by atoms with Gasteiger partial charge in [0, 0.05) is 12.2 Å². The molecule has 0 fully saturated rings. The number of hydrogen-bond acceptors (Lipinski definition) is 2. The van der Waals surface area contributed by atoms with Gasteiger partial charge in [0.15, 0.2) is 0 Å². The van der Waals surface area contributed by atoms with E-state index in [2.05, 4.69) is 48.9 Å². The van der Waals surface area contributed by atoms with Gasteiger partial charge in [0.25, 0.3) is 0 Å². The predicted octanol–water partition coefficient (Wildman–Crippen LogP) is 2.78. The van der Waals surface area contributed by atoms with E-state index in [0.29, 0.717) is 0 Å². The van der Waals surface area contributed by atoms with E-state index < -0.39 is 0 Å². The van der Waals surface area contributed by atoms with E-state index in [9.17, 15) is 0 Å². The molecule has 1 heterocycles. The highest BCUT2D eigenvalue weighted by atomic mass is 15.3. The number of aryl methyl sites for hydroxylation is 2. The lowest BCUT2D eigenvalue weighted by molar-refractivity contribution is 0.429. The first-order valence-electron chi connectivity index (χ1n) is 6.95. The van der Waals surface area contributed by atoms with Gasteiger partial charge in [-0.05, 0) is 51.8 Å². The quantitative estimate of drug-likeness (QED) is 0.753. The van der Waals surface area contributed by atoms with Crippen LogP contribution in [0.25, 0.3) is 0 Å². The van der Waals surface area contributed by atoms with Crippen molar-refractivity contribution in [3.05, 3.63) is 17.5 Å². The zero-order chi connectivity index (χ0) is 12.7. The van der Waals surface area contributed by atoms with Crippen LogP contribution >= 0.6 is 0 Å². The van der Waals surface area contributed by atoms with Crippen LogP contribution in [0.3, 0.4) is 0 Å². The molecule has 0 bridgehead atoms. The van der Waals surface area contributed by atoms with Crippen molar-refractivity contribution in [2.45, 2.75) is 53.5 Å². The van der Waals surface area contributed by atoms with E-state index in [1.165, 1.54) is 18.5 Å². The monoisotopic (exact) mass is 237 g/mol. The second-order valence-electron chi connectivity index (χ2n) is 4.76. The first-order chi connectivity index (χ1) is 8.21. The molecule has 0 radical (unpaired) electrons. The lowest BCUT2D eigenvalue weighted by Crippen LogP contribution is -2.24. The van der Waals surface area contributed by atoms with Crippen molar-refractivity contribution >= 4 is 0 Å². The Morgan fingerprint density at radius 1 is 1.35 bits per heavy atom. The summed E-state index contributed by atoms with van der Waals surface area (Å²) < 4.78 is 2.14. The predicted molar refractivity (Wildman–Crippen MR) is 73.3 cm³/mol. The fourth-order valence-electron chi connectivity index (χ4n) is 2.37. The molecule has 0 saturated carbocycles. The third kappa shape index (κ3) is 4.50. The maximum atomic E-state index is 4.52. The minimum absolute atomic E-state index is 0.737. The molecule has 0 aromatic carbocycles. The summed E-state index contributed by atoms with van der Waals surface area (Å²) in [4.78, 5) is 0. The van der Waals surface area contributed by atoms with Crippen molar-refractivity contribution < 1.29 is 0 Å². The molecule has 1 rings (SSSR count). The summed E-state index contributed by atoms with van der Waals surface area (Å²) in [6.07, 6.45) is 3.70. The third-order valence-electron chi connectivity index (χ3n) is 3.16. The van der Waals surface area contributed by atoms with Crippen LogP contribution in [0.1, 0.15) is 45.0 Å².